The zero-order valence-corrected chi connectivity index (χ0v) is 14.9. The van der Waals surface area contributed by atoms with E-state index in [4.69, 9.17) is 11.6 Å². The topological polar surface area (TPSA) is 29.9 Å². The summed E-state index contributed by atoms with van der Waals surface area (Å²) in [5.41, 5.74) is 1.50. The molecule has 1 fully saturated rings. The van der Waals surface area contributed by atoms with Crippen LogP contribution in [0.1, 0.15) is 77.6 Å². The van der Waals surface area contributed by atoms with Crippen molar-refractivity contribution in [2.75, 3.05) is 7.05 Å². The number of hydrogen-bond donors (Lipinski definition) is 1. The molecule has 1 aliphatic carbocycles. The molecule has 1 aliphatic rings. The number of aromatic nitrogens is 2. The van der Waals surface area contributed by atoms with Gasteiger partial charge in [0, 0.05) is 6.04 Å². The summed E-state index contributed by atoms with van der Waals surface area (Å²) in [6, 6.07) is 0.626. The molecule has 1 saturated carbocycles. The third kappa shape index (κ3) is 3.29. The van der Waals surface area contributed by atoms with Crippen molar-refractivity contribution in [3.63, 3.8) is 0 Å². The Kier molecular flexibility index (Phi) is 5.37. The maximum absolute atomic E-state index is 6.52. The summed E-state index contributed by atoms with van der Waals surface area (Å²) >= 11 is 6.52. The van der Waals surface area contributed by atoms with Crippen molar-refractivity contribution < 1.29 is 0 Å². The maximum atomic E-state index is 6.52. The van der Waals surface area contributed by atoms with Crippen molar-refractivity contribution in [2.45, 2.75) is 71.9 Å². The van der Waals surface area contributed by atoms with Crippen molar-refractivity contribution in [3.8, 4) is 0 Å². The van der Waals surface area contributed by atoms with Gasteiger partial charge in [-0.2, -0.15) is 5.10 Å². The quantitative estimate of drug-likeness (QED) is 0.802. The van der Waals surface area contributed by atoms with Crippen LogP contribution in [0.4, 0.5) is 0 Å². The molecule has 120 valence electrons. The molecule has 1 heterocycles. The molecule has 0 amide bonds. The molecule has 0 aliphatic heterocycles. The van der Waals surface area contributed by atoms with Crippen LogP contribution in [-0.2, 0) is 0 Å². The maximum Gasteiger partial charge on any atom is 0.0834 e. The standard InChI is InChI=1S/C17H30ClN3/c1-12(2)10-17(8-6-7-9-17)16(19-5)15-14(18)11-20-21(15)13(3)4/h11-13,16,19H,6-10H2,1-5H3. The molecule has 21 heavy (non-hydrogen) atoms. The largest absolute Gasteiger partial charge is 0.311 e. The van der Waals surface area contributed by atoms with Gasteiger partial charge in [0.25, 0.3) is 0 Å². The molecular weight excluding hydrogens is 282 g/mol. The van der Waals surface area contributed by atoms with Gasteiger partial charge >= 0.3 is 0 Å². The minimum absolute atomic E-state index is 0.291. The van der Waals surface area contributed by atoms with Crippen LogP contribution < -0.4 is 5.32 Å². The first-order valence-electron chi connectivity index (χ1n) is 8.31. The third-order valence-electron chi connectivity index (χ3n) is 4.86. The second-order valence-corrected chi connectivity index (χ2v) is 7.71. The fraction of sp³-hybridized carbons (Fsp3) is 0.824. The van der Waals surface area contributed by atoms with E-state index in [9.17, 15) is 0 Å². The van der Waals surface area contributed by atoms with Gasteiger partial charge < -0.3 is 5.32 Å². The first-order valence-corrected chi connectivity index (χ1v) is 8.69. The van der Waals surface area contributed by atoms with E-state index in [1.165, 1.54) is 37.8 Å². The molecule has 1 unspecified atom stereocenters. The lowest BCUT2D eigenvalue weighted by Crippen LogP contribution is -2.37. The average Bonchev–Trinajstić information content (AvgIpc) is 2.99. The van der Waals surface area contributed by atoms with Crippen molar-refractivity contribution in [2.24, 2.45) is 11.3 Å². The monoisotopic (exact) mass is 311 g/mol. The Morgan fingerprint density at radius 3 is 2.38 bits per heavy atom. The second kappa shape index (κ2) is 6.70. The van der Waals surface area contributed by atoms with Crippen molar-refractivity contribution >= 4 is 11.6 Å². The highest BCUT2D eigenvalue weighted by Gasteiger charge is 2.43. The van der Waals surface area contributed by atoms with Gasteiger partial charge in [0.1, 0.15) is 0 Å². The number of nitrogens with one attached hydrogen (secondary N) is 1. The average molecular weight is 312 g/mol. The van der Waals surface area contributed by atoms with Crippen LogP contribution in [0, 0.1) is 11.3 Å². The Morgan fingerprint density at radius 1 is 1.29 bits per heavy atom. The predicted molar refractivity (Wildman–Crippen MR) is 89.8 cm³/mol. The van der Waals surface area contributed by atoms with Crippen LogP contribution in [0.25, 0.3) is 0 Å². The summed E-state index contributed by atoms with van der Waals surface area (Å²) < 4.78 is 2.10. The van der Waals surface area contributed by atoms with E-state index in [2.05, 4.69) is 49.8 Å². The zero-order chi connectivity index (χ0) is 15.6. The summed E-state index contributed by atoms with van der Waals surface area (Å²) in [7, 11) is 2.07. The van der Waals surface area contributed by atoms with E-state index in [0.29, 0.717) is 23.4 Å². The lowest BCUT2D eigenvalue weighted by molar-refractivity contribution is 0.153. The smallest absolute Gasteiger partial charge is 0.0834 e. The van der Waals surface area contributed by atoms with E-state index >= 15 is 0 Å². The SMILES string of the molecule is CNC(c1c(Cl)cnn1C(C)C)C1(CC(C)C)CCCC1. The van der Waals surface area contributed by atoms with E-state index in [0.717, 1.165) is 5.02 Å². The van der Waals surface area contributed by atoms with Gasteiger partial charge in [-0.05, 0) is 51.5 Å². The lowest BCUT2D eigenvalue weighted by Gasteiger charge is -2.39. The van der Waals surface area contributed by atoms with Gasteiger partial charge in [0.05, 0.1) is 23.0 Å². The van der Waals surface area contributed by atoms with Crippen LogP contribution >= 0.6 is 11.6 Å². The van der Waals surface area contributed by atoms with Crippen LogP contribution in [-0.4, -0.2) is 16.8 Å². The highest BCUT2D eigenvalue weighted by molar-refractivity contribution is 6.31. The third-order valence-corrected chi connectivity index (χ3v) is 5.16. The fourth-order valence-electron chi connectivity index (χ4n) is 4.27. The Bertz CT molecular complexity index is 459. The van der Waals surface area contributed by atoms with Gasteiger partial charge in [-0.15, -0.1) is 0 Å². The normalized spacial score (nSPS) is 19.6. The van der Waals surface area contributed by atoms with Crippen molar-refractivity contribution in [1.29, 1.82) is 0 Å². The van der Waals surface area contributed by atoms with E-state index in [1.54, 1.807) is 6.20 Å². The summed E-state index contributed by atoms with van der Waals surface area (Å²) in [6.45, 7) is 8.99. The molecule has 0 radical (unpaired) electrons. The summed E-state index contributed by atoms with van der Waals surface area (Å²) in [5, 5.41) is 8.90. The first kappa shape index (κ1) is 16.8. The number of nitrogens with zero attached hydrogens (tertiary/aromatic N) is 2. The number of hydrogen-bond acceptors (Lipinski definition) is 2. The molecule has 0 saturated heterocycles. The summed E-state index contributed by atoms with van der Waals surface area (Å²) in [4.78, 5) is 0. The highest BCUT2D eigenvalue weighted by Crippen LogP contribution is 2.52. The van der Waals surface area contributed by atoms with Crippen molar-refractivity contribution in [1.82, 2.24) is 15.1 Å². The van der Waals surface area contributed by atoms with Gasteiger partial charge in [-0.3, -0.25) is 4.68 Å². The highest BCUT2D eigenvalue weighted by atomic mass is 35.5. The Morgan fingerprint density at radius 2 is 1.90 bits per heavy atom. The van der Waals surface area contributed by atoms with Crippen LogP contribution in [0.3, 0.4) is 0 Å². The van der Waals surface area contributed by atoms with Crippen LogP contribution in [0.5, 0.6) is 0 Å². The Hall–Kier alpha value is -0.540. The molecule has 4 heteroatoms. The first-order chi connectivity index (χ1) is 9.91. The molecular formula is C17H30ClN3. The summed E-state index contributed by atoms with van der Waals surface area (Å²) in [6.07, 6.45) is 8.29. The van der Waals surface area contributed by atoms with Gasteiger partial charge in [-0.1, -0.05) is 38.3 Å². The lowest BCUT2D eigenvalue weighted by atomic mass is 9.71. The molecule has 1 aromatic rings. The zero-order valence-electron chi connectivity index (χ0n) is 14.1. The molecule has 0 bridgehead atoms. The molecule has 1 atom stereocenters. The minimum Gasteiger partial charge on any atom is -0.311 e. The van der Waals surface area contributed by atoms with Crippen LogP contribution in [0.15, 0.2) is 6.20 Å². The molecule has 3 nitrogen and oxygen atoms in total. The number of rotatable bonds is 6. The second-order valence-electron chi connectivity index (χ2n) is 7.31. The Labute approximate surface area is 134 Å². The molecule has 0 aromatic carbocycles. The molecule has 0 spiro atoms. The Balaban J connectivity index is 2.44. The summed E-state index contributed by atoms with van der Waals surface area (Å²) in [5.74, 6) is 0.702. The number of halogens is 1. The van der Waals surface area contributed by atoms with E-state index in [-0.39, 0.29) is 0 Å². The van der Waals surface area contributed by atoms with Gasteiger partial charge in [-0.25, -0.2) is 0 Å². The molecule has 1 aromatic heterocycles. The van der Waals surface area contributed by atoms with E-state index < -0.39 is 0 Å². The fourth-order valence-corrected chi connectivity index (χ4v) is 4.51. The van der Waals surface area contributed by atoms with Gasteiger partial charge in [0.2, 0.25) is 0 Å². The minimum atomic E-state index is 0.291. The van der Waals surface area contributed by atoms with Crippen molar-refractivity contribution in [3.05, 3.63) is 16.9 Å². The molecule has 2 rings (SSSR count). The van der Waals surface area contributed by atoms with Crippen LogP contribution in [0.2, 0.25) is 5.02 Å². The molecule has 1 N–H and O–H groups in total. The van der Waals surface area contributed by atoms with E-state index in [1.807, 2.05) is 0 Å². The van der Waals surface area contributed by atoms with Gasteiger partial charge in [0.15, 0.2) is 0 Å². The predicted octanol–water partition coefficient (Wildman–Crippen LogP) is 4.98.